The average Bonchev–Trinajstić information content (AvgIpc) is 1.46. The Morgan fingerprint density at radius 3 is 1.60 bits per heavy atom. The summed E-state index contributed by atoms with van der Waals surface area (Å²) in [6.07, 6.45) is 8.75. The van der Waals surface area contributed by atoms with Crippen LogP contribution >= 0.6 is 0 Å². The molecule has 0 unspecified atom stereocenters. The van der Waals surface area contributed by atoms with Crippen LogP contribution in [0.25, 0.3) is 0 Å². The van der Waals surface area contributed by atoms with Crippen LogP contribution in [-0.2, 0) is 0 Å². The first-order chi connectivity index (χ1) is 2.41. The third kappa shape index (κ3) is 4.63. The molecule has 0 aromatic carbocycles. The van der Waals surface area contributed by atoms with E-state index < -0.39 is 0 Å². The second-order valence-corrected chi connectivity index (χ2v) is 0.183. The van der Waals surface area contributed by atoms with Crippen molar-refractivity contribution in [3.05, 3.63) is 12.8 Å². The molecule has 1 N–H and O–H groups in total. The van der Waals surface area contributed by atoms with Crippen molar-refractivity contribution in [2.45, 2.75) is 0 Å². The lowest BCUT2D eigenvalue weighted by Crippen LogP contribution is -1.25. The minimum atomic E-state index is 0.750. The molecule has 1 heteroatoms. The Hall–Kier alpha value is -0.900. The van der Waals surface area contributed by atoms with E-state index >= 15 is 0 Å². The summed E-state index contributed by atoms with van der Waals surface area (Å²) in [5, 5.41) is 7.33. The zero-order valence-corrected chi connectivity index (χ0v) is 2.89. The van der Waals surface area contributed by atoms with Gasteiger partial charge >= 0.3 is 0 Å². The van der Waals surface area contributed by atoms with Crippen molar-refractivity contribution in [3.8, 4) is 12.8 Å². The van der Waals surface area contributed by atoms with Gasteiger partial charge < -0.3 is 5.11 Å². The van der Waals surface area contributed by atoms with E-state index in [0.717, 1.165) is 6.26 Å². The monoisotopic (exact) mass is 70.0 g/mol. The van der Waals surface area contributed by atoms with Crippen LogP contribution in [0.3, 0.4) is 0 Å². The molecule has 0 amide bonds. The van der Waals surface area contributed by atoms with Gasteiger partial charge in [-0.25, -0.2) is 0 Å². The van der Waals surface area contributed by atoms with Gasteiger partial charge in [-0.1, -0.05) is 6.58 Å². The van der Waals surface area contributed by atoms with Gasteiger partial charge in [0.15, 0.2) is 0 Å². The molecule has 5 heavy (non-hydrogen) atoms. The number of aliphatic hydroxyl groups is 1. The number of rotatable bonds is 0. The van der Waals surface area contributed by atoms with Crippen molar-refractivity contribution in [1.29, 1.82) is 0 Å². The van der Waals surface area contributed by atoms with Gasteiger partial charge in [-0.3, -0.25) is 0 Å². The lowest BCUT2D eigenvalue weighted by Gasteiger charge is -1.41. The Bertz CT molecular complexity index is 27.9. The maximum absolute atomic E-state index is 7.33. The average molecular weight is 70.1 g/mol. The smallest absolute Gasteiger partial charge is 0.0719 e. The third-order valence-electron chi connectivity index (χ3n) is 0. The van der Waals surface area contributed by atoms with Crippen molar-refractivity contribution in [1.82, 2.24) is 0 Å². The Morgan fingerprint density at radius 1 is 1.60 bits per heavy atom. The molecule has 0 aromatic heterocycles. The van der Waals surface area contributed by atoms with Crippen LogP contribution in [0.5, 0.6) is 0 Å². The van der Waals surface area contributed by atoms with Crippen LogP contribution in [0.15, 0.2) is 12.8 Å². The van der Waals surface area contributed by atoms with Crippen LogP contribution in [0.2, 0.25) is 0 Å². The second-order valence-electron chi connectivity index (χ2n) is 0.183. The first kappa shape index (κ1) is 8.93. The predicted octanol–water partition coefficient (Wildman–Crippen LogP) is 0.937. The number of terminal acetylenes is 1. The first-order valence-corrected chi connectivity index (χ1v) is 1.000. The van der Waals surface area contributed by atoms with Crippen molar-refractivity contribution in [2.24, 2.45) is 0 Å². The molecule has 1 nitrogen and oxygen atoms in total. The van der Waals surface area contributed by atoms with Crippen LogP contribution in [0.1, 0.15) is 0 Å². The van der Waals surface area contributed by atoms with Crippen LogP contribution < -0.4 is 0 Å². The molecule has 0 aliphatic carbocycles. The molecule has 28 valence electrons. The molecule has 0 aromatic rings. The quantitative estimate of drug-likeness (QED) is 0.332. The fourth-order valence-electron chi connectivity index (χ4n) is 0. The Balaban J connectivity index is 0. The number of hydrogen-bond donors (Lipinski definition) is 1. The van der Waals surface area contributed by atoms with E-state index in [9.17, 15) is 0 Å². The zero-order chi connectivity index (χ0) is 4.71. The van der Waals surface area contributed by atoms with Crippen LogP contribution in [-0.4, -0.2) is 5.11 Å². The first-order valence-electron chi connectivity index (χ1n) is 1.000. The highest BCUT2D eigenvalue weighted by Gasteiger charge is 1.11. The molecule has 0 aliphatic rings. The molecule has 0 saturated carbocycles. The zero-order valence-electron chi connectivity index (χ0n) is 2.89. The summed E-state index contributed by atoms with van der Waals surface area (Å²) in [6, 6.07) is 0. The van der Waals surface area contributed by atoms with E-state index in [1.165, 1.54) is 0 Å². The van der Waals surface area contributed by atoms with Gasteiger partial charge in [-0.15, -0.1) is 12.8 Å². The largest absolute Gasteiger partial charge is 0.516 e. The van der Waals surface area contributed by atoms with Crippen molar-refractivity contribution >= 4 is 0 Å². The minimum absolute atomic E-state index is 0.750. The summed E-state index contributed by atoms with van der Waals surface area (Å²) < 4.78 is 0. The summed E-state index contributed by atoms with van der Waals surface area (Å²) >= 11 is 0. The molecule has 0 bridgehead atoms. The van der Waals surface area contributed by atoms with Crippen molar-refractivity contribution < 1.29 is 5.11 Å². The van der Waals surface area contributed by atoms with Crippen molar-refractivity contribution in [2.75, 3.05) is 0 Å². The predicted molar refractivity (Wildman–Crippen MR) is 22.7 cm³/mol. The van der Waals surface area contributed by atoms with E-state index in [0.29, 0.717) is 0 Å². The Labute approximate surface area is 31.9 Å². The maximum Gasteiger partial charge on any atom is 0.0719 e. The van der Waals surface area contributed by atoms with E-state index in [4.69, 9.17) is 5.11 Å². The van der Waals surface area contributed by atoms with Crippen LogP contribution in [0, 0.1) is 12.8 Å². The van der Waals surface area contributed by atoms with Gasteiger partial charge in [-0.2, -0.15) is 0 Å². The highest BCUT2D eigenvalue weighted by molar-refractivity contribution is 4.47. The normalized spacial score (nSPS) is 2.80. The third-order valence-corrected chi connectivity index (χ3v) is 0. The summed E-state index contributed by atoms with van der Waals surface area (Å²) in [5.74, 6) is 0. The van der Waals surface area contributed by atoms with Gasteiger partial charge in [-0.05, 0) is 0 Å². The molecule has 0 spiro atoms. The van der Waals surface area contributed by atoms with Gasteiger partial charge in [0.1, 0.15) is 0 Å². The summed E-state index contributed by atoms with van der Waals surface area (Å²) in [4.78, 5) is 0. The second kappa shape index (κ2) is 1370. The van der Waals surface area contributed by atoms with Crippen LogP contribution in [0.4, 0.5) is 0 Å². The van der Waals surface area contributed by atoms with Gasteiger partial charge in [0, 0.05) is 0 Å². The maximum atomic E-state index is 7.33. The Morgan fingerprint density at radius 2 is 1.60 bits per heavy atom. The van der Waals surface area contributed by atoms with Gasteiger partial charge in [0.2, 0.25) is 0 Å². The number of hydrogen-bond acceptors (Lipinski definition) is 1. The molecule has 0 radical (unpaired) electrons. The fourth-order valence-corrected chi connectivity index (χ4v) is 0. The van der Waals surface area contributed by atoms with E-state index in [1.54, 1.807) is 0 Å². The lowest BCUT2D eigenvalue weighted by atomic mass is 11.2. The summed E-state index contributed by atoms with van der Waals surface area (Å²) in [5.41, 5.74) is 0. The topological polar surface area (TPSA) is 20.2 Å². The molecular formula is C4H6O. The fraction of sp³-hybridized carbons (Fsp3) is 0. The van der Waals surface area contributed by atoms with E-state index in [1.807, 2.05) is 0 Å². The molecule has 0 aliphatic heterocycles. The molecular weight excluding hydrogens is 64.0 g/mol. The SMILES string of the molecule is C#C.C=CO. The standard InChI is InChI=1S/C2H4O.C2H2/c1-2-3;1-2/h2-3H,1H2;1-2H. The Kier molecular flexibility index (Phi) is 2440. The molecule has 0 atom stereocenters. The van der Waals surface area contributed by atoms with Crippen molar-refractivity contribution in [3.63, 3.8) is 0 Å². The molecule has 0 saturated heterocycles. The lowest BCUT2D eigenvalue weighted by molar-refractivity contribution is 0.476. The minimum Gasteiger partial charge on any atom is -0.516 e. The summed E-state index contributed by atoms with van der Waals surface area (Å²) in [6.45, 7) is 2.92. The molecule has 0 heterocycles. The summed E-state index contributed by atoms with van der Waals surface area (Å²) in [7, 11) is 0. The van der Waals surface area contributed by atoms with Gasteiger partial charge in [0.05, 0.1) is 6.26 Å². The molecule has 0 rings (SSSR count). The highest BCUT2D eigenvalue weighted by atomic mass is 16.2. The van der Waals surface area contributed by atoms with Gasteiger partial charge in [0.25, 0.3) is 0 Å². The van der Waals surface area contributed by atoms with E-state index in [2.05, 4.69) is 19.4 Å². The molecule has 0 fully saturated rings. The number of aliphatic hydroxyl groups excluding tert-OH is 1. The van der Waals surface area contributed by atoms with E-state index in [-0.39, 0.29) is 0 Å². The highest BCUT2D eigenvalue weighted by Crippen LogP contribution is 1.26.